The van der Waals surface area contributed by atoms with Crippen LogP contribution in [0.2, 0.25) is 0 Å². The fourth-order valence-electron chi connectivity index (χ4n) is 4.47. The van der Waals surface area contributed by atoms with Gasteiger partial charge < -0.3 is 19.6 Å². The normalized spacial score (nSPS) is 12.8. The van der Waals surface area contributed by atoms with Crippen LogP contribution in [0.25, 0.3) is 22.2 Å². The van der Waals surface area contributed by atoms with E-state index in [-0.39, 0.29) is 35.2 Å². The zero-order chi connectivity index (χ0) is 27.7. The third-order valence-electron chi connectivity index (χ3n) is 6.45. The molecule has 2 aromatic heterocycles. The molecule has 1 N–H and O–H groups in total. The van der Waals surface area contributed by atoms with Crippen molar-refractivity contribution in [1.29, 1.82) is 0 Å². The van der Waals surface area contributed by atoms with E-state index in [2.05, 4.69) is 21.4 Å². The lowest BCUT2D eigenvalue weighted by Gasteiger charge is -2.13. The van der Waals surface area contributed by atoms with Crippen molar-refractivity contribution in [2.45, 2.75) is 32.1 Å². The molecule has 0 amide bonds. The van der Waals surface area contributed by atoms with Crippen LogP contribution in [0.15, 0.2) is 42.7 Å². The minimum Gasteiger partial charge on any atom is -0.494 e. The van der Waals surface area contributed by atoms with Crippen LogP contribution in [-0.4, -0.2) is 46.4 Å². The third kappa shape index (κ3) is 4.92. The summed E-state index contributed by atoms with van der Waals surface area (Å²) in [5.41, 5.74) is 2.39. The van der Waals surface area contributed by atoms with Crippen LogP contribution < -0.4 is 14.9 Å². The van der Waals surface area contributed by atoms with Crippen LogP contribution in [0, 0.1) is 15.9 Å². The topological polar surface area (TPSA) is 131 Å². The zero-order valence-corrected chi connectivity index (χ0v) is 21.6. The second-order valence-corrected chi connectivity index (χ2v) is 9.05. The summed E-state index contributed by atoms with van der Waals surface area (Å²) in [6.45, 7) is 2.11. The largest absolute Gasteiger partial charge is 0.494 e. The number of carbonyl (C=O) groups excluding carboxylic acids is 1. The number of fused-ring (bicyclic) bond motifs is 1. The average Bonchev–Trinajstić information content (AvgIpc) is 3.72. The van der Waals surface area contributed by atoms with E-state index in [0.717, 1.165) is 41.4 Å². The maximum atomic E-state index is 14.2. The Morgan fingerprint density at radius 3 is 2.74 bits per heavy atom. The molecule has 0 saturated heterocycles. The second kappa shape index (κ2) is 10.6. The molecule has 1 fully saturated rings. The molecule has 0 unspecified atom stereocenters. The third-order valence-corrected chi connectivity index (χ3v) is 6.45. The highest BCUT2D eigenvalue weighted by molar-refractivity contribution is 6.03. The molecule has 4 aromatic rings. The van der Waals surface area contributed by atoms with Crippen LogP contribution in [0.5, 0.6) is 5.75 Å². The van der Waals surface area contributed by atoms with Gasteiger partial charge in [-0.1, -0.05) is 25.1 Å². The fraction of sp³-hybridized carbons (Fsp3) is 0.296. The van der Waals surface area contributed by atoms with Crippen LogP contribution in [0.4, 0.5) is 21.7 Å². The number of rotatable bonds is 10. The first-order valence-electron chi connectivity index (χ1n) is 12.4. The van der Waals surface area contributed by atoms with Crippen molar-refractivity contribution in [2.75, 3.05) is 26.1 Å². The van der Waals surface area contributed by atoms with Crippen molar-refractivity contribution in [3.05, 3.63) is 69.8 Å². The summed E-state index contributed by atoms with van der Waals surface area (Å²) in [4.78, 5) is 38.0. The molecule has 0 radical (unpaired) electrons. The van der Waals surface area contributed by atoms with E-state index < -0.39 is 22.4 Å². The number of hydrogen-bond donors (Lipinski definition) is 1. The molecular formula is C27H26FN5O6. The Kier molecular flexibility index (Phi) is 7.01. The highest BCUT2D eigenvalue weighted by Gasteiger charge is 2.29. The van der Waals surface area contributed by atoms with Crippen LogP contribution in [0.1, 0.15) is 48.0 Å². The molecule has 0 aliphatic heterocycles. The predicted octanol–water partition coefficient (Wildman–Crippen LogP) is 5.40. The van der Waals surface area contributed by atoms with Crippen molar-refractivity contribution in [3.8, 4) is 17.0 Å². The van der Waals surface area contributed by atoms with Crippen molar-refractivity contribution >= 4 is 34.2 Å². The summed E-state index contributed by atoms with van der Waals surface area (Å²) < 4.78 is 26.4. The molecule has 0 bridgehead atoms. The molecule has 0 atom stereocenters. The van der Waals surface area contributed by atoms with Crippen molar-refractivity contribution in [1.82, 2.24) is 14.7 Å². The zero-order valence-electron chi connectivity index (χ0n) is 21.6. The number of methoxy groups -OCH3 is 1. The number of hydrogen-bond acceptors (Lipinski definition) is 9. The van der Waals surface area contributed by atoms with Gasteiger partial charge in [0.2, 0.25) is 11.8 Å². The van der Waals surface area contributed by atoms with Crippen LogP contribution in [0.3, 0.4) is 0 Å². The van der Waals surface area contributed by atoms with Crippen molar-refractivity contribution in [2.24, 2.45) is 0 Å². The Morgan fingerprint density at radius 2 is 2.08 bits per heavy atom. The first-order valence-corrected chi connectivity index (χ1v) is 12.4. The van der Waals surface area contributed by atoms with E-state index in [9.17, 15) is 19.3 Å². The lowest BCUT2D eigenvalue weighted by molar-refractivity contribution is -0.387. The Labute approximate surface area is 222 Å². The van der Waals surface area contributed by atoms with Gasteiger partial charge in [-0.2, -0.15) is 9.12 Å². The lowest BCUT2D eigenvalue weighted by atomic mass is 10.0. The molecule has 5 rings (SSSR count). The molecule has 11 nitrogen and oxygen atoms in total. The molecule has 202 valence electrons. The number of ether oxygens (including phenoxy) is 2. The van der Waals surface area contributed by atoms with Gasteiger partial charge in [0.15, 0.2) is 0 Å². The minimum absolute atomic E-state index is 0.00733. The Morgan fingerprint density at radius 1 is 1.28 bits per heavy atom. The van der Waals surface area contributed by atoms with Crippen molar-refractivity contribution in [3.63, 3.8) is 0 Å². The molecule has 0 spiro atoms. The van der Waals surface area contributed by atoms with Crippen LogP contribution >= 0.6 is 0 Å². The number of nitrogens with one attached hydrogen (secondary N) is 1. The number of anilines is 2. The molecular weight excluding hydrogens is 509 g/mol. The van der Waals surface area contributed by atoms with Gasteiger partial charge in [0.05, 0.1) is 41.7 Å². The predicted molar refractivity (Wildman–Crippen MR) is 141 cm³/mol. The SMILES string of the molecule is CCCOC(=O)c1cnc(Nc2cc([N+](=O)[O-])c(F)cc2OC)nc1-c1cn(OC)c2c(C3CC3)cccc12. The highest BCUT2D eigenvalue weighted by atomic mass is 19.1. The molecule has 1 aliphatic rings. The first-order chi connectivity index (χ1) is 18.9. The summed E-state index contributed by atoms with van der Waals surface area (Å²) in [6, 6.07) is 7.85. The Bertz CT molecular complexity index is 1580. The number of nitro benzene ring substituents is 1. The first kappa shape index (κ1) is 25.9. The van der Waals surface area contributed by atoms with Gasteiger partial charge in [0.25, 0.3) is 0 Å². The minimum atomic E-state index is -1.04. The van der Waals surface area contributed by atoms with Gasteiger partial charge in [-0.3, -0.25) is 10.1 Å². The monoisotopic (exact) mass is 535 g/mol. The number of aromatic nitrogens is 3. The molecule has 1 aliphatic carbocycles. The van der Waals surface area contributed by atoms with E-state index in [1.165, 1.54) is 13.3 Å². The number of esters is 1. The number of halogens is 1. The van der Waals surface area contributed by atoms with Gasteiger partial charge >= 0.3 is 11.7 Å². The standard InChI is InChI=1S/C27H26FN5O6/c1-4-10-39-26(34)18-13-29-27(30-21-12-22(33(35)36)20(28)11-23(21)37-2)31-24(18)19-14-32(38-3)25-16(15-8-9-15)6-5-7-17(19)25/h5-7,11-15H,4,8-10H2,1-3H3,(H,29,30,31). The smallest absolute Gasteiger partial charge is 0.341 e. The van der Waals surface area contributed by atoms with E-state index >= 15 is 0 Å². The molecule has 2 aromatic carbocycles. The molecule has 1 saturated carbocycles. The number of nitrogens with zero attached hydrogens (tertiary/aromatic N) is 4. The second-order valence-electron chi connectivity index (χ2n) is 9.05. The number of nitro groups is 1. The molecule has 12 heteroatoms. The maximum Gasteiger partial charge on any atom is 0.341 e. The van der Waals surface area contributed by atoms with Gasteiger partial charge in [-0.15, -0.1) is 0 Å². The quantitative estimate of drug-likeness (QED) is 0.161. The van der Waals surface area contributed by atoms with E-state index in [1.807, 2.05) is 19.1 Å². The Hall–Kier alpha value is -4.74. The van der Waals surface area contributed by atoms with E-state index in [0.29, 0.717) is 17.9 Å². The maximum absolute atomic E-state index is 14.2. The summed E-state index contributed by atoms with van der Waals surface area (Å²) in [5, 5.41) is 15.0. The summed E-state index contributed by atoms with van der Waals surface area (Å²) in [5.74, 6) is -1.18. The van der Waals surface area contributed by atoms with Gasteiger partial charge in [0, 0.05) is 29.3 Å². The summed E-state index contributed by atoms with van der Waals surface area (Å²) >= 11 is 0. The number of para-hydroxylation sites is 1. The Balaban J connectivity index is 1.66. The van der Waals surface area contributed by atoms with Crippen LogP contribution in [-0.2, 0) is 4.74 Å². The fourth-order valence-corrected chi connectivity index (χ4v) is 4.47. The highest BCUT2D eigenvalue weighted by Crippen LogP contribution is 2.45. The van der Waals surface area contributed by atoms with Gasteiger partial charge in [0.1, 0.15) is 18.4 Å². The molecule has 2 heterocycles. The lowest BCUT2D eigenvalue weighted by Crippen LogP contribution is -2.11. The van der Waals surface area contributed by atoms with Crippen molar-refractivity contribution < 1.29 is 28.4 Å². The van der Waals surface area contributed by atoms with Gasteiger partial charge in [-0.05, 0) is 30.7 Å². The summed E-state index contributed by atoms with van der Waals surface area (Å²) in [6.07, 6.45) is 5.89. The average molecular weight is 536 g/mol. The number of carbonyl (C=O) groups is 1. The summed E-state index contributed by atoms with van der Waals surface area (Å²) in [7, 11) is 2.87. The molecule has 39 heavy (non-hydrogen) atoms. The van der Waals surface area contributed by atoms with E-state index in [1.54, 1.807) is 18.0 Å². The van der Waals surface area contributed by atoms with Gasteiger partial charge in [-0.25, -0.2) is 14.8 Å². The van der Waals surface area contributed by atoms with E-state index in [4.69, 9.17) is 14.3 Å². The number of benzene rings is 2.